The minimum Gasteiger partial charge on any atom is -0.494 e. The van der Waals surface area contributed by atoms with Crippen LogP contribution in [0.4, 0.5) is 5.69 Å². The van der Waals surface area contributed by atoms with Crippen LogP contribution in [0.15, 0.2) is 65.9 Å². The van der Waals surface area contributed by atoms with Gasteiger partial charge in [0.25, 0.3) is 0 Å². The smallest absolute Gasteiger partial charge is 0.146 e. The number of aromatic nitrogens is 2. The van der Waals surface area contributed by atoms with Gasteiger partial charge in [0.1, 0.15) is 23.1 Å². The van der Waals surface area contributed by atoms with Crippen LogP contribution < -0.4 is 4.74 Å². The normalized spacial score (nSPS) is 11.5. The van der Waals surface area contributed by atoms with Crippen molar-refractivity contribution in [1.29, 1.82) is 0 Å². The molecule has 0 fully saturated rings. The SMILES string of the molecule is COc1ccc(C)cc1N=C(c1ccccc1)n1ccnc1C. The Morgan fingerprint density at radius 3 is 2.52 bits per heavy atom. The molecule has 3 aromatic rings. The molecule has 0 saturated heterocycles. The van der Waals surface area contributed by atoms with Crippen molar-refractivity contribution in [3.05, 3.63) is 77.9 Å². The molecule has 0 saturated carbocycles. The van der Waals surface area contributed by atoms with Gasteiger partial charge in [-0.25, -0.2) is 9.98 Å². The van der Waals surface area contributed by atoms with Crippen LogP contribution in [0.2, 0.25) is 0 Å². The fraction of sp³-hybridized carbons (Fsp3) is 0.158. The molecule has 23 heavy (non-hydrogen) atoms. The molecule has 0 spiro atoms. The largest absolute Gasteiger partial charge is 0.494 e. The van der Waals surface area contributed by atoms with E-state index < -0.39 is 0 Å². The molecule has 3 rings (SSSR count). The van der Waals surface area contributed by atoms with Gasteiger partial charge >= 0.3 is 0 Å². The molecule has 0 amide bonds. The van der Waals surface area contributed by atoms with E-state index in [1.165, 1.54) is 0 Å². The summed E-state index contributed by atoms with van der Waals surface area (Å²) in [5, 5.41) is 0. The maximum atomic E-state index is 5.45. The number of benzene rings is 2. The zero-order chi connectivity index (χ0) is 16.2. The van der Waals surface area contributed by atoms with Crippen LogP contribution >= 0.6 is 0 Å². The number of aryl methyl sites for hydroxylation is 2. The molecular weight excluding hydrogens is 286 g/mol. The lowest BCUT2D eigenvalue weighted by Crippen LogP contribution is -2.14. The molecular formula is C19H19N3O. The molecule has 4 nitrogen and oxygen atoms in total. The predicted octanol–water partition coefficient (Wildman–Crippen LogP) is 4.14. The second-order valence-electron chi connectivity index (χ2n) is 5.32. The molecule has 0 bridgehead atoms. The van der Waals surface area contributed by atoms with Gasteiger partial charge in [0.2, 0.25) is 0 Å². The monoisotopic (exact) mass is 305 g/mol. The summed E-state index contributed by atoms with van der Waals surface area (Å²) in [4.78, 5) is 9.19. The summed E-state index contributed by atoms with van der Waals surface area (Å²) in [6, 6.07) is 16.1. The molecule has 0 atom stereocenters. The molecule has 1 aromatic heterocycles. The molecule has 0 radical (unpaired) electrons. The molecule has 0 unspecified atom stereocenters. The van der Waals surface area contributed by atoms with E-state index in [9.17, 15) is 0 Å². The van der Waals surface area contributed by atoms with Crippen LogP contribution in [0.25, 0.3) is 0 Å². The van der Waals surface area contributed by atoms with Gasteiger partial charge in [-0.1, -0.05) is 36.4 Å². The maximum Gasteiger partial charge on any atom is 0.146 e. The number of hydrogen-bond donors (Lipinski definition) is 0. The highest BCUT2D eigenvalue weighted by Gasteiger charge is 2.11. The lowest BCUT2D eigenvalue weighted by molar-refractivity contribution is 0.416. The van der Waals surface area contributed by atoms with Gasteiger partial charge in [-0.05, 0) is 31.5 Å². The Kier molecular flexibility index (Phi) is 4.24. The van der Waals surface area contributed by atoms with Crippen LogP contribution in [0.3, 0.4) is 0 Å². The number of ether oxygens (including phenoxy) is 1. The molecule has 1 heterocycles. The van der Waals surface area contributed by atoms with Crippen LogP contribution in [-0.4, -0.2) is 22.5 Å². The molecule has 116 valence electrons. The van der Waals surface area contributed by atoms with E-state index in [1.807, 2.05) is 73.1 Å². The first-order chi connectivity index (χ1) is 11.2. The number of imidazole rings is 1. The van der Waals surface area contributed by atoms with Gasteiger partial charge < -0.3 is 4.74 Å². The van der Waals surface area contributed by atoms with Crippen molar-refractivity contribution in [3.63, 3.8) is 0 Å². The number of hydrogen-bond acceptors (Lipinski definition) is 3. The standard InChI is InChI=1S/C19H19N3O/c1-14-9-10-18(23-3)17(13-14)21-19(16-7-5-4-6-8-16)22-12-11-20-15(22)2/h4-13H,1-3H3. The molecule has 0 N–H and O–H groups in total. The van der Waals surface area contributed by atoms with E-state index in [0.717, 1.165) is 34.2 Å². The Bertz CT molecular complexity index is 835. The van der Waals surface area contributed by atoms with E-state index in [2.05, 4.69) is 4.98 Å². The van der Waals surface area contributed by atoms with Crippen LogP contribution in [0.5, 0.6) is 5.75 Å². The summed E-state index contributed by atoms with van der Waals surface area (Å²) >= 11 is 0. The van der Waals surface area contributed by atoms with E-state index in [1.54, 1.807) is 13.3 Å². The Morgan fingerprint density at radius 1 is 1.09 bits per heavy atom. The third kappa shape index (κ3) is 3.16. The van der Waals surface area contributed by atoms with Crippen LogP contribution in [0, 0.1) is 13.8 Å². The number of rotatable bonds is 3. The average molecular weight is 305 g/mol. The van der Waals surface area contributed by atoms with E-state index in [4.69, 9.17) is 9.73 Å². The first-order valence-electron chi connectivity index (χ1n) is 7.48. The van der Waals surface area contributed by atoms with Crippen molar-refractivity contribution in [2.45, 2.75) is 13.8 Å². The zero-order valence-electron chi connectivity index (χ0n) is 13.5. The maximum absolute atomic E-state index is 5.45. The van der Waals surface area contributed by atoms with Crippen molar-refractivity contribution in [2.75, 3.05) is 7.11 Å². The minimum absolute atomic E-state index is 0.752. The third-order valence-electron chi connectivity index (χ3n) is 3.65. The van der Waals surface area contributed by atoms with Crippen molar-refractivity contribution < 1.29 is 4.74 Å². The minimum atomic E-state index is 0.752. The van der Waals surface area contributed by atoms with Gasteiger partial charge in [0.05, 0.1) is 7.11 Å². The van der Waals surface area contributed by atoms with E-state index in [-0.39, 0.29) is 0 Å². The highest BCUT2D eigenvalue weighted by atomic mass is 16.5. The Hall–Kier alpha value is -2.88. The predicted molar refractivity (Wildman–Crippen MR) is 92.7 cm³/mol. The fourth-order valence-electron chi connectivity index (χ4n) is 2.45. The van der Waals surface area contributed by atoms with Crippen molar-refractivity contribution in [2.24, 2.45) is 4.99 Å². The average Bonchev–Trinajstić information content (AvgIpc) is 2.99. The lowest BCUT2D eigenvalue weighted by Gasteiger charge is -2.12. The van der Waals surface area contributed by atoms with Gasteiger partial charge in [0.15, 0.2) is 0 Å². The number of methoxy groups -OCH3 is 1. The van der Waals surface area contributed by atoms with Gasteiger partial charge in [-0.2, -0.15) is 0 Å². The molecule has 2 aromatic carbocycles. The summed E-state index contributed by atoms with van der Waals surface area (Å²) in [6.07, 6.45) is 3.70. The lowest BCUT2D eigenvalue weighted by atomic mass is 10.2. The number of aliphatic imine (C=N–C) groups is 1. The number of nitrogens with zero attached hydrogens (tertiary/aromatic N) is 3. The summed E-state index contributed by atoms with van der Waals surface area (Å²) in [6.45, 7) is 4.01. The van der Waals surface area contributed by atoms with E-state index >= 15 is 0 Å². The fourth-order valence-corrected chi connectivity index (χ4v) is 2.45. The third-order valence-corrected chi connectivity index (χ3v) is 3.65. The second-order valence-corrected chi connectivity index (χ2v) is 5.32. The first kappa shape index (κ1) is 15.0. The molecule has 0 aliphatic rings. The van der Waals surface area contributed by atoms with Gasteiger partial charge in [-0.15, -0.1) is 0 Å². The van der Waals surface area contributed by atoms with Crippen LogP contribution in [0.1, 0.15) is 17.0 Å². The van der Waals surface area contributed by atoms with Crippen LogP contribution in [-0.2, 0) is 0 Å². The summed E-state index contributed by atoms with van der Waals surface area (Å²) in [5.74, 6) is 2.46. The molecule has 4 heteroatoms. The van der Waals surface area contributed by atoms with Crippen molar-refractivity contribution in [3.8, 4) is 5.75 Å². The summed E-state index contributed by atoms with van der Waals surface area (Å²) in [5.41, 5.74) is 2.97. The van der Waals surface area contributed by atoms with E-state index in [0.29, 0.717) is 0 Å². The quantitative estimate of drug-likeness (QED) is 0.539. The van der Waals surface area contributed by atoms with Crippen molar-refractivity contribution in [1.82, 2.24) is 9.55 Å². The Balaban J connectivity index is 2.20. The van der Waals surface area contributed by atoms with Gasteiger partial charge in [0, 0.05) is 18.0 Å². The van der Waals surface area contributed by atoms with Crippen molar-refractivity contribution >= 4 is 11.5 Å². The highest BCUT2D eigenvalue weighted by Crippen LogP contribution is 2.29. The Labute approximate surface area is 136 Å². The first-order valence-corrected chi connectivity index (χ1v) is 7.48. The molecule has 0 aliphatic carbocycles. The second kappa shape index (κ2) is 6.48. The highest BCUT2D eigenvalue weighted by molar-refractivity contribution is 6.02. The Morgan fingerprint density at radius 2 is 1.87 bits per heavy atom. The summed E-state index contributed by atoms with van der Waals surface area (Å²) in [7, 11) is 1.66. The summed E-state index contributed by atoms with van der Waals surface area (Å²) < 4.78 is 7.44. The topological polar surface area (TPSA) is 39.4 Å². The zero-order valence-corrected chi connectivity index (χ0v) is 13.5. The van der Waals surface area contributed by atoms with Gasteiger partial charge in [-0.3, -0.25) is 4.57 Å². The molecule has 0 aliphatic heterocycles.